The van der Waals surface area contributed by atoms with Gasteiger partial charge in [-0.25, -0.2) is 18.1 Å². The summed E-state index contributed by atoms with van der Waals surface area (Å²) in [6.45, 7) is -2.14. The Morgan fingerprint density at radius 3 is 2.63 bits per heavy atom. The van der Waals surface area contributed by atoms with Gasteiger partial charge in [-0.3, -0.25) is 0 Å². The van der Waals surface area contributed by atoms with Crippen LogP contribution in [0.5, 0.6) is 0 Å². The van der Waals surface area contributed by atoms with Gasteiger partial charge in [0, 0.05) is 13.6 Å². The van der Waals surface area contributed by atoms with Crippen molar-refractivity contribution in [2.45, 2.75) is 11.2 Å². The van der Waals surface area contributed by atoms with Gasteiger partial charge in [0.2, 0.25) is 0 Å². The average Bonchev–Trinajstić information content (AvgIpc) is 2.56. The molecule has 0 unspecified atom stereocenters. The lowest BCUT2D eigenvalue weighted by molar-refractivity contribution is -0.173. The molecule has 0 radical (unpaired) electrons. The van der Waals surface area contributed by atoms with E-state index in [1.165, 1.54) is 17.9 Å². The molecule has 7 nitrogen and oxygen atoms in total. The first-order valence-electron chi connectivity index (χ1n) is 5.04. The fraction of sp³-hybridized carbons (Fsp3) is 0.625. The zero-order valence-electron chi connectivity index (χ0n) is 9.94. The molecule has 0 aliphatic carbocycles. The third-order valence-electron chi connectivity index (χ3n) is 1.97. The summed E-state index contributed by atoms with van der Waals surface area (Å²) in [5.41, 5.74) is 5.38. The van der Waals surface area contributed by atoms with Crippen LogP contribution in [0.1, 0.15) is 0 Å². The minimum atomic E-state index is -4.44. The Morgan fingerprint density at radius 1 is 1.53 bits per heavy atom. The highest BCUT2D eigenvalue weighted by molar-refractivity contribution is 7.89. The first-order valence-corrected chi connectivity index (χ1v) is 6.53. The summed E-state index contributed by atoms with van der Waals surface area (Å²) in [7, 11) is -2.50. The van der Waals surface area contributed by atoms with Crippen LogP contribution in [-0.4, -0.2) is 43.9 Å². The molecule has 0 saturated heterocycles. The quantitative estimate of drug-likeness (QED) is 0.713. The molecule has 11 heteroatoms. The second-order valence-corrected chi connectivity index (χ2v) is 5.29. The zero-order chi connectivity index (χ0) is 14.7. The van der Waals surface area contributed by atoms with Crippen LogP contribution in [0.15, 0.2) is 11.4 Å². The number of imidazole rings is 1. The van der Waals surface area contributed by atoms with Crippen molar-refractivity contribution in [1.82, 2.24) is 14.3 Å². The number of nitrogen functional groups attached to an aromatic ring is 1. The molecule has 1 rings (SSSR count). The number of hydrogen-bond donors (Lipinski definition) is 2. The van der Waals surface area contributed by atoms with Crippen LogP contribution in [0.4, 0.5) is 19.0 Å². The Bertz CT molecular complexity index is 506. The van der Waals surface area contributed by atoms with E-state index in [-0.39, 0.29) is 17.4 Å². The van der Waals surface area contributed by atoms with Gasteiger partial charge in [-0.2, -0.15) is 13.2 Å². The highest BCUT2D eigenvalue weighted by Gasteiger charge is 2.27. The number of ether oxygens (including phenoxy) is 1. The van der Waals surface area contributed by atoms with E-state index in [1.54, 1.807) is 0 Å². The number of anilines is 1. The van der Waals surface area contributed by atoms with Crippen molar-refractivity contribution in [1.29, 1.82) is 0 Å². The lowest BCUT2D eigenvalue weighted by atomic mass is 10.7. The van der Waals surface area contributed by atoms with Crippen LogP contribution in [0.25, 0.3) is 0 Å². The molecule has 0 atom stereocenters. The standard InChI is InChI=1S/C8H13F3N4O3S/c1-15-5-13-6(12)7(15)19(16,17)14-2-3-18-4-8(9,10)11/h5,14H,2-4,12H2,1H3. The monoisotopic (exact) mass is 302 g/mol. The molecule has 0 aromatic carbocycles. The Balaban J connectivity index is 2.49. The van der Waals surface area contributed by atoms with E-state index in [4.69, 9.17) is 5.73 Å². The Hall–Kier alpha value is -1.33. The summed E-state index contributed by atoms with van der Waals surface area (Å²) >= 11 is 0. The summed E-state index contributed by atoms with van der Waals surface area (Å²) in [4.78, 5) is 3.60. The van der Waals surface area contributed by atoms with Gasteiger partial charge >= 0.3 is 6.18 Å². The number of rotatable bonds is 6. The molecule has 0 amide bonds. The van der Waals surface area contributed by atoms with Gasteiger partial charge in [0.15, 0.2) is 10.8 Å². The van der Waals surface area contributed by atoms with Gasteiger partial charge in [-0.15, -0.1) is 0 Å². The number of alkyl halides is 3. The van der Waals surface area contributed by atoms with Crippen molar-refractivity contribution in [3.63, 3.8) is 0 Å². The van der Waals surface area contributed by atoms with Gasteiger partial charge < -0.3 is 15.0 Å². The molecule has 0 aliphatic rings. The van der Waals surface area contributed by atoms with E-state index in [9.17, 15) is 21.6 Å². The average molecular weight is 302 g/mol. The molecule has 0 saturated carbocycles. The van der Waals surface area contributed by atoms with Gasteiger partial charge in [0.05, 0.1) is 12.9 Å². The molecule has 0 bridgehead atoms. The molecule has 0 aliphatic heterocycles. The van der Waals surface area contributed by atoms with Gasteiger partial charge in [-0.05, 0) is 0 Å². The van der Waals surface area contributed by atoms with Crippen LogP contribution in [0.3, 0.4) is 0 Å². The number of aryl methyl sites for hydroxylation is 1. The summed E-state index contributed by atoms with van der Waals surface area (Å²) in [6.07, 6.45) is -3.23. The van der Waals surface area contributed by atoms with E-state index < -0.39 is 29.4 Å². The molecular formula is C8H13F3N4O3S. The van der Waals surface area contributed by atoms with Crippen molar-refractivity contribution >= 4 is 15.8 Å². The first kappa shape index (κ1) is 15.7. The Morgan fingerprint density at radius 2 is 2.16 bits per heavy atom. The summed E-state index contributed by atoms with van der Waals surface area (Å²) in [5.74, 6) is -0.189. The number of hydrogen-bond acceptors (Lipinski definition) is 5. The minimum absolute atomic E-state index is 0.189. The van der Waals surface area contributed by atoms with Gasteiger partial charge in [0.1, 0.15) is 6.61 Å². The number of halogens is 3. The molecular weight excluding hydrogens is 289 g/mol. The fourth-order valence-corrected chi connectivity index (χ4v) is 2.51. The first-order chi connectivity index (χ1) is 8.63. The van der Waals surface area contributed by atoms with Crippen LogP contribution >= 0.6 is 0 Å². The van der Waals surface area contributed by atoms with E-state index in [2.05, 4.69) is 14.4 Å². The smallest absolute Gasteiger partial charge is 0.381 e. The molecule has 1 heterocycles. The molecule has 1 aromatic heterocycles. The molecule has 1 aromatic rings. The predicted octanol–water partition coefficient (Wildman–Crippen LogP) is -0.141. The summed E-state index contributed by atoms with van der Waals surface area (Å²) < 4.78 is 66.3. The van der Waals surface area contributed by atoms with Crippen LogP contribution in [-0.2, 0) is 21.8 Å². The second-order valence-electron chi connectivity index (χ2n) is 3.61. The zero-order valence-corrected chi connectivity index (χ0v) is 10.8. The minimum Gasteiger partial charge on any atom is -0.381 e. The second kappa shape index (κ2) is 5.75. The molecule has 0 fully saturated rings. The Labute approximate surface area is 107 Å². The molecule has 19 heavy (non-hydrogen) atoms. The van der Waals surface area contributed by atoms with Crippen LogP contribution in [0.2, 0.25) is 0 Å². The van der Waals surface area contributed by atoms with E-state index >= 15 is 0 Å². The van der Waals surface area contributed by atoms with Gasteiger partial charge in [0.25, 0.3) is 10.0 Å². The van der Waals surface area contributed by atoms with Crippen molar-refractivity contribution < 1.29 is 26.3 Å². The SMILES string of the molecule is Cn1cnc(N)c1S(=O)(=O)NCCOCC(F)(F)F. The van der Waals surface area contributed by atoms with Crippen molar-refractivity contribution in [3.8, 4) is 0 Å². The highest BCUT2D eigenvalue weighted by atomic mass is 32.2. The maximum Gasteiger partial charge on any atom is 0.411 e. The largest absolute Gasteiger partial charge is 0.411 e. The van der Waals surface area contributed by atoms with E-state index in [0.717, 1.165) is 0 Å². The third-order valence-corrected chi connectivity index (χ3v) is 3.56. The van der Waals surface area contributed by atoms with Crippen molar-refractivity contribution in [2.75, 3.05) is 25.5 Å². The lowest BCUT2D eigenvalue weighted by Gasteiger charge is -2.09. The highest BCUT2D eigenvalue weighted by Crippen LogP contribution is 2.15. The molecule has 0 spiro atoms. The van der Waals surface area contributed by atoms with E-state index in [1.807, 2.05) is 0 Å². The number of aromatic nitrogens is 2. The van der Waals surface area contributed by atoms with Gasteiger partial charge in [-0.1, -0.05) is 0 Å². The summed E-state index contributed by atoms with van der Waals surface area (Å²) in [6, 6.07) is 0. The third kappa shape index (κ3) is 4.69. The fourth-order valence-electron chi connectivity index (χ4n) is 1.27. The van der Waals surface area contributed by atoms with E-state index in [0.29, 0.717) is 0 Å². The molecule has 110 valence electrons. The number of nitrogens with one attached hydrogen (secondary N) is 1. The predicted molar refractivity (Wildman–Crippen MR) is 59.7 cm³/mol. The number of nitrogens with two attached hydrogens (primary N) is 1. The number of sulfonamides is 1. The Kier molecular flexibility index (Phi) is 4.76. The van der Waals surface area contributed by atoms with Crippen molar-refractivity contribution in [2.24, 2.45) is 7.05 Å². The topological polar surface area (TPSA) is 99.2 Å². The summed E-state index contributed by atoms with van der Waals surface area (Å²) in [5, 5.41) is -0.247. The van der Waals surface area contributed by atoms with Crippen LogP contribution < -0.4 is 10.5 Å². The maximum absolute atomic E-state index is 11.8. The van der Waals surface area contributed by atoms with Crippen molar-refractivity contribution in [3.05, 3.63) is 6.33 Å². The van der Waals surface area contributed by atoms with Crippen LogP contribution in [0, 0.1) is 0 Å². The normalized spacial score (nSPS) is 12.8. The molecule has 3 N–H and O–H groups in total. The lowest BCUT2D eigenvalue weighted by Crippen LogP contribution is -2.30. The number of nitrogens with zero attached hydrogens (tertiary/aromatic N) is 2. The maximum atomic E-state index is 11.8.